The maximum atomic E-state index is 13.9. The number of carbonyl (C=O) groups excluding carboxylic acids is 1. The third-order valence-electron chi connectivity index (χ3n) is 6.24. The minimum absolute atomic E-state index is 0.00340. The highest BCUT2D eigenvalue weighted by Gasteiger charge is 2.28. The van der Waals surface area contributed by atoms with Crippen LogP contribution in [-0.4, -0.2) is 41.2 Å². The van der Waals surface area contributed by atoms with Gasteiger partial charge in [-0.25, -0.2) is 19.2 Å². The largest absolute Gasteiger partial charge is 0.493 e. The van der Waals surface area contributed by atoms with Gasteiger partial charge in [-0.1, -0.05) is 18.2 Å². The Morgan fingerprint density at radius 3 is 2.89 bits per heavy atom. The molecule has 0 radical (unpaired) electrons. The number of imidazole rings is 2. The molecule has 0 bridgehead atoms. The number of fused-ring (bicyclic) bond motifs is 3. The van der Waals surface area contributed by atoms with Gasteiger partial charge in [0.25, 0.3) is 0 Å². The monoisotopic (exact) mass is 473 g/mol. The summed E-state index contributed by atoms with van der Waals surface area (Å²) in [6, 6.07) is 11.5. The van der Waals surface area contributed by atoms with Gasteiger partial charge in [-0.05, 0) is 18.2 Å². The normalized spacial score (nSPS) is 15.3. The molecule has 0 aliphatic carbocycles. The van der Waals surface area contributed by atoms with Gasteiger partial charge in [0, 0.05) is 31.0 Å². The molecular weight excluding hydrogens is 453 g/mol. The van der Waals surface area contributed by atoms with Crippen molar-refractivity contribution in [1.82, 2.24) is 28.7 Å². The number of ether oxygens (including phenoxy) is 1. The number of halogens is 1. The Kier molecular flexibility index (Phi) is 4.83. The number of nitrogens with two attached hydrogens (primary N) is 1. The van der Waals surface area contributed by atoms with Crippen LogP contribution < -0.4 is 16.2 Å². The van der Waals surface area contributed by atoms with Gasteiger partial charge >= 0.3 is 5.69 Å². The zero-order valence-electron chi connectivity index (χ0n) is 18.5. The fourth-order valence-electron chi connectivity index (χ4n) is 4.62. The van der Waals surface area contributed by atoms with Crippen molar-refractivity contribution in [3.8, 4) is 11.7 Å². The number of nitrogens with zero attached hydrogens (tertiary/aromatic N) is 6. The van der Waals surface area contributed by atoms with Crippen LogP contribution in [0.15, 0.2) is 59.8 Å². The Labute approximate surface area is 197 Å². The third kappa shape index (κ3) is 3.43. The van der Waals surface area contributed by atoms with Crippen LogP contribution >= 0.6 is 0 Å². The minimum atomic E-state index is -0.515. The van der Waals surface area contributed by atoms with Crippen LogP contribution in [0, 0.1) is 5.82 Å². The predicted octanol–water partition coefficient (Wildman–Crippen LogP) is 2.32. The summed E-state index contributed by atoms with van der Waals surface area (Å²) in [6.07, 6.45) is 3.61. The molecule has 6 rings (SSSR count). The van der Waals surface area contributed by atoms with Gasteiger partial charge < -0.3 is 10.5 Å². The Bertz CT molecular complexity index is 1670. The zero-order valence-corrected chi connectivity index (χ0v) is 18.5. The number of amides is 1. The second kappa shape index (κ2) is 8.05. The Morgan fingerprint density at radius 2 is 2.03 bits per heavy atom. The minimum Gasteiger partial charge on any atom is -0.493 e. The van der Waals surface area contributed by atoms with E-state index in [1.165, 1.54) is 29.2 Å². The molecule has 3 aromatic heterocycles. The van der Waals surface area contributed by atoms with Gasteiger partial charge in [0.05, 0.1) is 29.9 Å². The molecule has 1 atom stereocenters. The average molecular weight is 473 g/mol. The fraction of sp³-hybridized carbons (Fsp3) is 0.208. The molecule has 2 N–H and O–H groups in total. The summed E-state index contributed by atoms with van der Waals surface area (Å²) in [4.78, 5) is 38.6. The number of para-hydroxylation sites is 1. The lowest BCUT2D eigenvalue weighted by Crippen LogP contribution is -2.31. The van der Waals surface area contributed by atoms with Gasteiger partial charge in [0.1, 0.15) is 23.4 Å². The second-order valence-electron chi connectivity index (χ2n) is 8.34. The Balaban J connectivity index is 1.58. The van der Waals surface area contributed by atoms with Gasteiger partial charge in [-0.15, -0.1) is 0 Å². The number of rotatable bonds is 5. The third-order valence-corrected chi connectivity index (χ3v) is 6.24. The van der Waals surface area contributed by atoms with E-state index in [1.54, 1.807) is 15.2 Å². The molecule has 35 heavy (non-hydrogen) atoms. The number of carbonyl (C=O) groups is 1. The highest BCUT2D eigenvalue weighted by atomic mass is 19.1. The fourth-order valence-corrected chi connectivity index (χ4v) is 4.62. The van der Waals surface area contributed by atoms with Crippen LogP contribution in [0.5, 0.6) is 5.75 Å². The maximum absolute atomic E-state index is 13.9. The number of aryl methyl sites for hydroxylation is 1. The summed E-state index contributed by atoms with van der Waals surface area (Å²) >= 11 is 0. The van der Waals surface area contributed by atoms with E-state index in [0.29, 0.717) is 41.0 Å². The molecular formula is C24H20FN7O3. The average Bonchev–Trinajstić information content (AvgIpc) is 3.39. The van der Waals surface area contributed by atoms with Gasteiger partial charge in [-0.3, -0.25) is 18.5 Å². The molecule has 0 spiro atoms. The van der Waals surface area contributed by atoms with Crippen LogP contribution in [0.4, 0.5) is 4.39 Å². The first kappa shape index (κ1) is 21.0. The van der Waals surface area contributed by atoms with Crippen molar-refractivity contribution in [1.29, 1.82) is 0 Å². The molecule has 10 nitrogen and oxygen atoms in total. The molecule has 1 aliphatic rings. The second-order valence-corrected chi connectivity index (χ2v) is 8.34. The summed E-state index contributed by atoms with van der Waals surface area (Å²) in [5.41, 5.74) is 7.85. The molecule has 11 heteroatoms. The lowest BCUT2D eigenvalue weighted by molar-refractivity contribution is -0.118. The summed E-state index contributed by atoms with van der Waals surface area (Å²) in [6.45, 7) is 0.538. The van der Waals surface area contributed by atoms with Crippen molar-refractivity contribution in [3.63, 3.8) is 0 Å². The number of hydrogen-bond donors (Lipinski definition) is 1. The molecule has 4 heterocycles. The Hall–Kier alpha value is -4.54. The quantitative estimate of drug-likeness (QED) is 0.418. The van der Waals surface area contributed by atoms with E-state index in [1.807, 2.05) is 24.3 Å². The topological polar surface area (TPSA) is 123 Å². The van der Waals surface area contributed by atoms with E-state index in [0.717, 1.165) is 5.56 Å². The maximum Gasteiger partial charge on any atom is 0.330 e. The molecule has 5 aromatic rings. The first-order valence-electron chi connectivity index (χ1n) is 11.1. The number of hydrogen-bond acceptors (Lipinski definition) is 6. The van der Waals surface area contributed by atoms with Gasteiger partial charge in [0.15, 0.2) is 5.65 Å². The first-order valence-corrected chi connectivity index (χ1v) is 11.1. The lowest BCUT2D eigenvalue weighted by Gasteiger charge is -2.26. The standard InChI is InChI=1S/C24H20FN7O3/c25-14-5-6-16-18(11-14)31(13-28-16)23-27-12-19-22(29-23)32(24(34)30(19)9-7-21(26)33)17-8-10-35-20-4-2-1-3-15(17)20/h1-6,11-13,17H,7-10H2,(H2,26,33)/t17-/m1/s1. The Morgan fingerprint density at radius 1 is 1.17 bits per heavy atom. The van der Waals surface area contributed by atoms with Crippen LogP contribution in [0.2, 0.25) is 0 Å². The lowest BCUT2D eigenvalue weighted by atomic mass is 10.0. The predicted molar refractivity (Wildman–Crippen MR) is 125 cm³/mol. The summed E-state index contributed by atoms with van der Waals surface area (Å²) in [7, 11) is 0. The number of primary amides is 1. The summed E-state index contributed by atoms with van der Waals surface area (Å²) < 4.78 is 24.4. The molecule has 1 amide bonds. The van der Waals surface area contributed by atoms with E-state index in [4.69, 9.17) is 15.5 Å². The molecule has 0 fully saturated rings. The van der Waals surface area contributed by atoms with Crippen molar-refractivity contribution < 1.29 is 13.9 Å². The molecule has 2 aromatic carbocycles. The highest BCUT2D eigenvalue weighted by Crippen LogP contribution is 2.35. The van der Waals surface area contributed by atoms with Crippen molar-refractivity contribution >= 4 is 28.1 Å². The molecule has 176 valence electrons. The smallest absolute Gasteiger partial charge is 0.330 e. The number of aromatic nitrogens is 6. The molecule has 0 saturated heterocycles. The SMILES string of the molecule is NC(=O)CCn1c(=O)n([C@@H]2CCOc3ccccc32)c2nc(-n3cnc4ccc(F)cc43)ncc21. The number of benzene rings is 2. The van der Waals surface area contributed by atoms with Gasteiger partial charge in [-0.2, -0.15) is 4.98 Å². The molecule has 0 saturated carbocycles. The van der Waals surface area contributed by atoms with Crippen LogP contribution in [-0.2, 0) is 11.3 Å². The van der Waals surface area contributed by atoms with Crippen LogP contribution in [0.1, 0.15) is 24.4 Å². The first-order chi connectivity index (χ1) is 17.0. The summed E-state index contributed by atoms with van der Waals surface area (Å²) in [5.74, 6) is 0.0260. The van der Waals surface area contributed by atoms with E-state index in [-0.39, 0.29) is 30.6 Å². The van der Waals surface area contributed by atoms with E-state index in [2.05, 4.69) is 9.97 Å². The van der Waals surface area contributed by atoms with E-state index >= 15 is 0 Å². The van der Waals surface area contributed by atoms with Crippen molar-refractivity contribution in [2.24, 2.45) is 5.73 Å². The van der Waals surface area contributed by atoms with Crippen molar-refractivity contribution in [3.05, 3.63) is 76.9 Å². The summed E-state index contributed by atoms with van der Waals surface area (Å²) in [5, 5.41) is 0. The zero-order chi connectivity index (χ0) is 24.1. The highest BCUT2D eigenvalue weighted by molar-refractivity contribution is 5.78. The van der Waals surface area contributed by atoms with Gasteiger partial charge in [0.2, 0.25) is 11.9 Å². The van der Waals surface area contributed by atoms with Crippen molar-refractivity contribution in [2.75, 3.05) is 6.61 Å². The van der Waals surface area contributed by atoms with E-state index < -0.39 is 11.7 Å². The molecule has 1 aliphatic heterocycles. The molecule has 0 unspecified atom stereocenters. The van der Waals surface area contributed by atoms with E-state index in [9.17, 15) is 14.0 Å². The van der Waals surface area contributed by atoms with Crippen LogP contribution in [0.3, 0.4) is 0 Å². The van der Waals surface area contributed by atoms with Crippen molar-refractivity contribution in [2.45, 2.75) is 25.4 Å². The van der Waals surface area contributed by atoms with Crippen LogP contribution in [0.25, 0.3) is 28.1 Å².